The van der Waals surface area contributed by atoms with Crippen LogP contribution < -0.4 is 0 Å². The Bertz CT molecular complexity index is 1030. The maximum Gasteiger partial charge on any atom is -0.0144 e. The first-order valence-electron chi connectivity index (χ1n) is 16.8. The monoisotopic (exact) mass is 533 g/mol. The van der Waals surface area contributed by atoms with Gasteiger partial charge in [-0.1, -0.05) is 114 Å². The minimum atomic E-state index is 0.500. The van der Waals surface area contributed by atoms with Gasteiger partial charge in [0.15, 0.2) is 0 Å². The molecule has 0 heteroatoms. The summed E-state index contributed by atoms with van der Waals surface area (Å²) in [5, 5.41) is 0. The van der Waals surface area contributed by atoms with E-state index in [1.807, 2.05) is 0 Å². The van der Waals surface area contributed by atoms with Crippen molar-refractivity contribution in [3.63, 3.8) is 0 Å². The second kappa shape index (κ2) is 15.4. The summed E-state index contributed by atoms with van der Waals surface area (Å²) in [4.78, 5) is 0. The third-order valence-corrected chi connectivity index (χ3v) is 10.6. The standard InChI is InChI=1S/C39H64/c1-14-25(7)32-20-21-33(26(8)15-2)37(29(11)18-5)36(32)24-31(13)39-35(28(10)17-4)23-22-34(27(9)16-3)38(39)30(12)19-6/h20-23,25-31H,14-19,24H2,1-13H3. The van der Waals surface area contributed by atoms with Crippen LogP contribution in [0.15, 0.2) is 24.3 Å². The Hall–Kier alpha value is -1.56. The molecule has 0 saturated carbocycles. The van der Waals surface area contributed by atoms with Gasteiger partial charge in [0.05, 0.1) is 0 Å². The Balaban J connectivity index is 2.92. The highest BCUT2D eigenvalue weighted by molar-refractivity contribution is 5.51. The van der Waals surface area contributed by atoms with Crippen molar-refractivity contribution in [2.75, 3.05) is 0 Å². The molecule has 0 nitrogen and oxygen atoms in total. The molecule has 0 saturated heterocycles. The van der Waals surface area contributed by atoms with Gasteiger partial charge in [-0.25, -0.2) is 0 Å². The third kappa shape index (κ3) is 7.40. The van der Waals surface area contributed by atoms with E-state index in [-0.39, 0.29) is 0 Å². The molecule has 0 fully saturated rings. The summed E-state index contributed by atoms with van der Waals surface area (Å²) in [6.07, 6.45) is 8.36. The number of benzene rings is 2. The molecule has 0 aliphatic heterocycles. The number of hydrogen-bond acceptors (Lipinski definition) is 0. The minimum absolute atomic E-state index is 0.500. The zero-order chi connectivity index (χ0) is 29.4. The molecule has 2 aromatic rings. The second-order valence-electron chi connectivity index (χ2n) is 13.2. The minimum Gasteiger partial charge on any atom is -0.0648 e. The van der Waals surface area contributed by atoms with Gasteiger partial charge in [-0.05, 0) is 131 Å². The fraction of sp³-hybridized carbons (Fsp3) is 0.692. The van der Waals surface area contributed by atoms with Crippen molar-refractivity contribution in [3.05, 3.63) is 68.8 Å². The predicted molar refractivity (Wildman–Crippen MR) is 177 cm³/mol. The molecule has 220 valence electrons. The Morgan fingerprint density at radius 1 is 0.359 bits per heavy atom. The fourth-order valence-corrected chi connectivity index (χ4v) is 6.73. The lowest BCUT2D eigenvalue weighted by molar-refractivity contribution is 0.613. The molecule has 0 amide bonds. The lowest BCUT2D eigenvalue weighted by Gasteiger charge is -2.33. The van der Waals surface area contributed by atoms with Crippen molar-refractivity contribution < 1.29 is 0 Å². The van der Waals surface area contributed by atoms with Gasteiger partial charge in [-0.3, -0.25) is 0 Å². The van der Waals surface area contributed by atoms with Gasteiger partial charge in [0.2, 0.25) is 0 Å². The molecule has 0 aliphatic rings. The van der Waals surface area contributed by atoms with Crippen LogP contribution >= 0.6 is 0 Å². The zero-order valence-electron chi connectivity index (χ0n) is 28.3. The van der Waals surface area contributed by atoms with Crippen LogP contribution in [0.5, 0.6) is 0 Å². The summed E-state index contributed by atoms with van der Waals surface area (Å²) in [6.45, 7) is 31.5. The molecular formula is C39H64. The van der Waals surface area contributed by atoms with Crippen molar-refractivity contribution in [1.29, 1.82) is 0 Å². The zero-order valence-corrected chi connectivity index (χ0v) is 28.3. The number of rotatable bonds is 15. The van der Waals surface area contributed by atoms with Crippen LogP contribution in [0.3, 0.4) is 0 Å². The first-order valence-corrected chi connectivity index (χ1v) is 16.8. The maximum atomic E-state index is 2.56. The molecular weight excluding hydrogens is 468 g/mol. The van der Waals surface area contributed by atoms with Crippen molar-refractivity contribution in [1.82, 2.24) is 0 Å². The molecule has 0 bridgehead atoms. The van der Waals surface area contributed by atoms with Gasteiger partial charge in [-0.15, -0.1) is 0 Å². The van der Waals surface area contributed by atoms with Gasteiger partial charge in [0.1, 0.15) is 0 Å². The maximum absolute atomic E-state index is 2.56. The predicted octanol–water partition coefficient (Wildman–Crippen LogP) is 13.1. The molecule has 39 heavy (non-hydrogen) atoms. The Labute approximate surface area is 244 Å². The molecule has 0 aliphatic carbocycles. The summed E-state index contributed by atoms with van der Waals surface area (Å²) >= 11 is 0. The second-order valence-corrected chi connectivity index (χ2v) is 13.2. The summed E-state index contributed by atoms with van der Waals surface area (Å²) in [5.41, 5.74) is 13.2. The molecule has 0 N–H and O–H groups in total. The Morgan fingerprint density at radius 2 is 0.641 bits per heavy atom. The summed E-state index contributed by atoms with van der Waals surface area (Å²) in [7, 11) is 0. The quantitative estimate of drug-likeness (QED) is 0.214. The molecule has 0 radical (unpaired) electrons. The van der Waals surface area contributed by atoms with Crippen molar-refractivity contribution in [3.8, 4) is 0 Å². The van der Waals surface area contributed by atoms with E-state index in [0.29, 0.717) is 41.4 Å². The largest absolute Gasteiger partial charge is 0.0648 e. The number of hydrogen-bond donors (Lipinski definition) is 0. The Kier molecular flexibility index (Phi) is 13.3. The molecule has 0 heterocycles. The van der Waals surface area contributed by atoms with E-state index < -0.39 is 0 Å². The van der Waals surface area contributed by atoms with Crippen LogP contribution in [0.4, 0.5) is 0 Å². The van der Waals surface area contributed by atoms with Gasteiger partial charge >= 0.3 is 0 Å². The van der Waals surface area contributed by atoms with Crippen LogP contribution in [0.2, 0.25) is 0 Å². The van der Waals surface area contributed by atoms with E-state index in [9.17, 15) is 0 Å². The van der Waals surface area contributed by atoms with E-state index >= 15 is 0 Å². The van der Waals surface area contributed by atoms with Gasteiger partial charge in [0, 0.05) is 0 Å². The van der Waals surface area contributed by atoms with Crippen LogP contribution in [0.25, 0.3) is 0 Å². The van der Waals surface area contributed by atoms with Crippen LogP contribution in [0, 0.1) is 0 Å². The fourth-order valence-electron chi connectivity index (χ4n) is 6.73. The molecule has 0 spiro atoms. The first kappa shape index (κ1) is 33.6. The molecule has 7 unspecified atom stereocenters. The SMILES string of the molecule is CCC(C)c1ccc(C(C)CC)c(C(C)CC)c1CC(C)c1c(C(C)CC)ccc(C(C)CC)c1C(C)CC. The summed E-state index contributed by atoms with van der Waals surface area (Å²) < 4.78 is 0. The van der Waals surface area contributed by atoms with E-state index in [1.165, 1.54) is 38.5 Å². The topological polar surface area (TPSA) is 0 Å². The molecule has 0 aromatic heterocycles. The lowest BCUT2D eigenvalue weighted by Crippen LogP contribution is -2.17. The molecule has 2 rings (SSSR count). The van der Waals surface area contributed by atoms with E-state index in [2.05, 4.69) is 114 Å². The van der Waals surface area contributed by atoms with Gasteiger partial charge in [-0.2, -0.15) is 0 Å². The van der Waals surface area contributed by atoms with Crippen LogP contribution in [-0.2, 0) is 6.42 Å². The lowest BCUT2D eigenvalue weighted by atomic mass is 9.72. The van der Waals surface area contributed by atoms with Crippen molar-refractivity contribution in [2.24, 2.45) is 0 Å². The van der Waals surface area contributed by atoms with E-state index in [1.54, 1.807) is 44.5 Å². The average molecular weight is 533 g/mol. The normalized spacial score (nSPS) is 17.4. The highest BCUT2D eigenvalue weighted by Gasteiger charge is 2.28. The van der Waals surface area contributed by atoms with Crippen molar-refractivity contribution in [2.45, 2.75) is 176 Å². The summed E-state index contributed by atoms with van der Waals surface area (Å²) in [5.74, 6) is 4.07. The van der Waals surface area contributed by atoms with E-state index in [0.717, 1.165) is 6.42 Å². The van der Waals surface area contributed by atoms with E-state index in [4.69, 9.17) is 0 Å². The smallest absolute Gasteiger partial charge is 0.0144 e. The average Bonchev–Trinajstić information content (AvgIpc) is 2.97. The Morgan fingerprint density at radius 3 is 1.03 bits per heavy atom. The third-order valence-electron chi connectivity index (χ3n) is 10.6. The van der Waals surface area contributed by atoms with Crippen LogP contribution in [-0.4, -0.2) is 0 Å². The highest BCUT2D eigenvalue weighted by Crippen LogP contribution is 2.44. The van der Waals surface area contributed by atoms with Gasteiger partial charge in [0.25, 0.3) is 0 Å². The highest BCUT2D eigenvalue weighted by atomic mass is 14.3. The van der Waals surface area contributed by atoms with Crippen molar-refractivity contribution >= 4 is 0 Å². The van der Waals surface area contributed by atoms with Gasteiger partial charge < -0.3 is 0 Å². The molecule has 7 atom stereocenters. The first-order chi connectivity index (χ1) is 18.5. The molecule has 2 aromatic carbocycles. The summed E-state index contributed by atoms with van der Waals surface area (Å²) in [6, 6.07) is 10.1. The van der Waals surface area contributed by atoms with Crippen LogP contribution in [0.1, 0.15) is 214 Å².